The molecular formula is C23H18ClFN2O7S2. The second-order valence-corrected chi connectivity index (χ2v) is 12.0. The number of methoxy groups -OCH3 is 1. The third-order valence-corrected chi connectivity index (χ3v) is 9.44. The number of benzene rings is 2. The molecule has 0 fully saturated rings. The molecule has 0 bridgehead atoms. The Kier molecular flexibility index (Phi) is 6.31. The number of aromatic nitrogens is 2. The van der Waals surface area contributed by atoms with Gasteiger partial charge in [0.1, 0.15) is 16.4 Å². The fraction of sp³-hybridized carbons (Fsp3) is 0.174. The topological polar surface area (TPSA) is 136 Å². The molecule has 0 radical (unpaired) electrons. The molecule has 2 N–H and O–H groups in total. The number of sulfone groups is 1. The standard InChI is InChI=1S/C23H18ClFN2O7S2/c1-23(2,13-8-11(24)4-7-17(13)34-3)36(32,33)12-5-6-14(25)16(9-12)27-20(28)18-15(26-22(27)31)10-35-19(18)21(29)30/h4-10H,1-3H3,(H,26,31)(H,29,30). The summed E-state index contributed by atoms with van der Waals surface area (Å²) in [5, 5.41) is 10.6. The van der Waals surface area contributed by atoms with Crippen LogP contribution in [0.25, 0.3) is 16.6 Å². The van der Waals surface area contributed by atoms with Crippen LogP contribution >= 0.6 is 22.9 Å². The van der Waals surface area contributed by atoms with Crippen molar-refractivity contribution in [2.75, 3.05) is 7.11 Å². The molecule has 2 aromatic carbocycles. The van der Waals surface area contributed by atoms with Crippen molar-refractivity contribution in [3.05, 3.63) is 83.9 Å². The lowest BCUT2D eigenvalue weighted by Crippen LogP contribution is -2.35. The molecule has 4 rings (SSSR count). The Bertz CT molecular complexity index is 1770. The number of rotatable bonds is 6. The molecule has 2 heterocycles. The number of fused-ring (bicyclic) bond motifs is 1. The summed E-state index contributed by atoms with van der Waals surface area (Å²) in [4.78, 5) is 39.0. The highest BCUT2D eigenvalue weighted by Gasteiger charge is 2.40. The minimum atomic E-state index is -4.29. The van der Waals surface area contributed by atoms with Gasteiger partial charge in [-0.15, -0.1) is 11.3 Å². The number of ether oxygens (including phenoxy) is 1. The number of H-pyrrole nitrogens is 1. The van der Waals surface area contributed by atoms with Crippen LogP contribution in [-0.2, 0) is 14.6 Å². The van der Waals surface area contributed by atoms with Crippen LogP contribution in [0.1, 0.15) is 29.1 Å². The van der Waals surface area contributed by atoms with Gasteiger partial charge in [-0.05, 0) is 50.2 Å². The highest BCUT2D eigenvalue weighted by molar-refractivity contribution is 7.92. The highest BCUT2D eigenvalue weighted by atomic mass is 35.5. The number of nitrogens with one attached hydrogen (secondary N) is 1. The predicted octanol–water partition coefficient (Wildman–Crippen LogP) is 3.95. The van der Waals surface area contributed by atoms with Gasteiger partial charge >= 0.3 is 11.7 Å². The molecule has 0 aliphatic heterocycles. The van der Waals surface area contributed by atoms with Gasteiger partial charge in [0.2, 0.25) is 0 Å². The first-order valence-corrected chi connectivity index (χ1v) is 12.9. The van der Waals surface area contributed by atoms with E-state index in [0.29, 0.717) is 4.57 Å². The molecule has 9 nitrogen and oxygen atoms in total. The van der Waals surface area contributed by atoms with Crippen molar-refractivity contribution in [2.45, 2.75) is 23.5 Å². The Hall–Kier alpha value is -3.48. The van der Waals surface area contributed by atoms with Crippen LogP contribution in [0.4, 0.5) is 4.39 Å². The largest absolute Gasteiger partial charge is 0.496 e. The van der Waals surface area contributed by atoms with Gasteiger partial charge < -0.3 is 14.8 Å². The van der Waals surface area contributed by atoms with Crippen LogP contribution < -0.4 is 16.0 Å². The van der Waals surface area contributed by atoms with E-state index in [2.05, 4.69) is 4.98 Å². The zero-order valence-electron chi connectivity index (χ0n) is 19.0. The quantitative estimate of drug-likeness (QED) is 0.346. The Balaban J connectivity index is 1.97. The van der Waals surface area contributed by atoms with Gasteiger partial charge in [-0.3, -0.25) is 4.79 Å². The van der Waals surface area contributed by atoms with E-state index in [1.807, 2.05) is 0 Å². The maximum Gasteiger partial charge on any atom is 0.346 e. The van der Waals surface area contributed by atoms with Crippen LogP contribution in [0.5, 0.6) is 5.75 Å². The summed E-state index contributed by atoms with van der Waals surface area (Å²) in [6, 6.07) is 7.18. The van der Waals surface area contributed by atoms with Gasteiger partial charge in [0, 0.05) is 16.0 Å². The number of aromatic carboxylic acids is 1. The summed E-state index contributed by atoms with van der Waals surface area (Å²) in [6.45, 7) is 2.82. The van der Waals surface area contributed by atoms with Crippen molar-refractivity contribution >= 4 is 49.6 Å². The first-order valence-electron chi connectivity index (χ1n) is 10.2. The van der Waals surface area contributed by atoms with E-state index in [1.54, 1.807) is 0 Å². The summed E-state index contributed by atoms with van der Waals surface area (Å²) in [5.74, 6) is -2.21. The van der Waals surface area contributed by atoms with Crippen molar-refractivity contribution in [2.24, 2.45) is 0 Å². The molecule has 0 saturated carbocycles. The highest BCUT2D eigenvalue weighted by Crippen LogP contribution is 2.41. The minimum Gasteiger partial charge on any atom is -0.496 e. The van der Waals surface area contributed by atoms with Crippen molar-refractivity contribution < 1.29 is 27.4 Å². The summed E-state index contributed by atoms with van der Waals surface area (Å²) in [5.41, 5.74) is -2.60. The zero-order chi connectivity index (χ0) is 26.6. The summed E-state index contributed by atoms with van der Waals surface area (Å²) in [7, 11) is -2.92. The number of hydrogen-bond donors (Lipinski definition) is 2. The summed E-state index contributed by atoms with van der Waals surface area (Å²) >= 11 is 6.81. The number of carbonyl (C=O) groups is 1. The lowest BCUT2D eigenvalue weighted by molar-refractivity contribution is 0.0704. The molecule has 13 heteroatoms. The number of hydrogen-bond acceptors (Lipinski definition) is 7. The Morgan fingerprint density at radius 2 is 1.89 bits per heavy atom. The smallest absolute Gasteiger partial charge is 0.346 e. The maximum atomic E-state index is 14.9. The number of carboxylic acid groups (broad SMARTS) is 1. The maximum absolute atomic E-state index is 14.9. The van der Waals surface area contributed by atoms with Crippen LogP contribution in [0.15, 0.2) is 56.3 Å². The molecule has 0 amide bonds. The molecule has 2 aromatic heterocycles. The second-order valence-electron chi connectivity index (χ2n) is 8.20. The van der Waals surface area contributed by atoms with Gasteiger partial charge in [0.05, 0.1) is 33.3 Å². The lowest BCUT2D eigenvalue weighted by atomic mass is 10.0. The van der Waals surface area contributed by atoms with Crippen molar-refractivity contribution in [3.63, 3.8) is 0 Å². The van der Waals surface area contributed by atoms with Crippen LogP contribution in [-0.4, -0.2) is 36.2 Å². The van der Waals surface area contributed by atoms with Gasteiger partial charge in [-0.2, -0.15) is 0 Å². The van der Waals surface area contributed by atoms with Crippen LogP contribution in [0.2, 0.25) is 5.02 Å². The molecule has 0 unspecified atom stereocenters. The molecule has 0 aliphatic carbocycles. The summed E-state index contributed by atoms with van der Waals surface area (Å²) < 4.78 is 46.5. The molecule has 188 valence electrons. The number of nitrogens with zero attached hydrogens (tertiary/aromatic N) is 1. The van der Waals surface area contributed by atoms with Crippen molar-refractivity contribution in [1.29, 1.82) is 0 Å². The Labute approximate surface area is 212 Å². The fourth-order valence-corrected chi connectivity index (χ4v) is 6.39. The SMILES string of the molecule is COc1ccc(Cl)cc1C(C)(C)S(=O)(=O)c1ccc(F)c(-n2c(=O)[nH]c3csc(C(=O)O)c3c2=O)c1. The second kappa shape index (κ2) is 8.87. The number of carboxylic acids is 1. The molecule has 4 aromatic rings. The average molecular weight is 553 g/mol. The van der Waals surface area contributed by atoms with Crippen LogP contribution in [0, 0.1) is 5.82 Å². The van der Waals surface area contributed by atoms with E-state index in [1.165, 1.54) is 44.5 Å². The van der Waals surface area contributed by atoms with Gasteiger partial charge in [-0.25, -0.2) is 27.0 Å². The molecule has 36 heavy (non-hydrogen) atoms. The average Bonchev–Trinajstić information content (AvgIpc) is 3.24. The number of aromatic amines is 1. The molecule has 0 spiro atoms. The zero-order valence-corrected chi connectivity index (χ0v) is 21.3. The van der Waals surface area contributed by atoms with E-state index in [4.69, 9.17) is 16.3 Å². The first-order chi connectivity index (χ1) is 16.8. The lowest BCUT2D eigenvalue weighted by Gasteiger charge is -2.27. The fourth-order valence-electron chi connectivity index (χ4n) is 3.83. The first kappa shape index (κ1) is 25.6. The molecule has 0 atom stereocenters. The Morgan fingerprint density at radius 1 is 1.19 bits per heavy atom. The van der Waals surface area contributed by atoms with E-state index in [-0.39, 0.29) is 37.0 Å². The molecule has 0 saturated heterocycles. The van der Waals surface area contributed by atoms with Crippen LogP contribution in [0.3, 0.4) is 0 Å². The predicted molar refractivity (Wildman–Crippen MR) is 133 cm³/mol. The van der Waals surface area contributed by atoms with Gasteiger partial charge in [0.25, 0.3) is 5.56 Å². The number of thiophene rings is 1. The van der Waals surface area contributed by atoms with Gasteiger partial charge in [-0.1, -0.05) is 11.6 Å². The monoisotopic (exact) mass is 552 g/mol. The number of halogens is 2. The van der Waals surface area contributed by atoms with E-state index >= 15 is 0 Å². The third kappa shape index (κ3) is 3.91. The molecular weight excluding hydrogens is 535 g/mol. The third-order valence-electron chi connectivity index (χ3n) is 5.80. The Morgan fingerprint density at radius 3 is 2.53 bits per heavy atom. The van der Waals surface area contributed by atoms with Gasteiger partial charge in [0.15, 0.2) is 9.84 Å². The summed E-state index contributed by atoms with van der Waals surface area (Å²) in [6.07, 6.45) is 0. The van der Waals surface area contributed by atoms with E-state index < -0.39 is 43.3 Å². The van der Waals surface area contributed by atoms with Crippen molar-refractivity contribution in [3.8, 4) is 11.4 Å². The van der Waals surface area contributed by atoms with E-state index in [0.717, 1.165) is 29.5 Å². The van der Waals surface area contributed by atoms with E-state index in [9.17, 15) is 32.3 Å². The normalized spacial score (nSPS) is 12.1. The van der Waals surface area contributed by atoms with Crippen molar-refractivity contribution in [1.82, 2.24) is 9.55 Å². The molecule has 0 aliphatic rings. The minimum absolute atomic E-state index is 0.0259.